The van der Waals surface area contributed by atoms with Crippen LogP contribution < -0.4 is 9.47 Å². The van der Waals surface area contributed by atoms with Gasteiger partial charge in [-0.2, -0.15) is 0 Å². The van der Waals surface area contributed by atoms with E-state index in [0.717, 1.165) is 5.69 Å². The number of nitrogens with zero attached hydrogens (tertiary/aromatic N) is 2. The van der Waals surface area contributed by atoms with E-state index in [1.54, 1.807) is 50.6 Å². The van der Waals surface area contributed by atoms with Crippen LogP contribution in [0.2, 0.25) is 0 Å². The Hall–Kier alpha value is -2.56. The lowest BCUT2D eigenvalue weighted by molar-refractivity contribution is 0.0792. The van der Waals surface area contributed by atoms with E-state index in [0.29, 0.717) is 30.0 Å². The predicted octanol–water partition coefficient (Wildman–Crippen LogP) is 2.41. The molecule has 0 fully saturated rings. The zero-order valence-electron chi connectivity index (χ0n) is 13.1. The van der Waals surface area contributed by atoms with Crippen LogP contribution in [0.3, 0.4) is 0 Å². The summed E-state index contributed by atoms with van der Waals surface area (Å²) in [7, 11) is 4.89. The summed E-state index contributed by atoms with van der Waals surface area (Å²) in [4.78, 5) is 18.5. The number of hydrogen-bond donors (Lipinski definition) is 0. The fraction of sp³-hybridized carbons (Fsp3) is 0.294. The number of benzene rings is 1. The molecule has 0 saturated carbocycles. The zero-order chi connectivity index (χ0) is 15.9. The molecule has 0 saturated heterocycles. The molecule has 2 aromatic rings. The number of carbonyl (C=O) groups is 1. The second-order valence-corrected chi connectivity index (χ2v) is 4.86. The van der Waals surface area contributed by atoms with Crippen LogP contribution in [0.25, 0.3) is 0 Å². The predicted molar refractivity (Wildman–Crippen MR) is 84.4 cm³/mol. The first-order valence-corrected chi connectivity index (χ1v) is 7.03. The normalized spacial score (nSPS) is 10.1. The summed E-state index contributed by atoms with van der Waals surface area (Å²) in [6.45, 7) is 0.580. The molecule has 0 atom stereocenters. The first-order chi connectivity index (χ1) is 10.7. The van der Waals surface area contributed by atoms with Crippen molar-refractivity contribution in [3.8, 4) is 11.5 Å². The monoisotopic (exact) mass is 300 g/mol. The van der Waals surface area contributed by atoms with Gasteiger partial charge in [0.25, 0.3) is 5.91 Å². The lowest BCUT2D eigenvalue weighted by Gasteiger charge is -2.19. The van der Waals surface area contributed by atoms with Gasteiger partial charge in [-0.15, -0.1) is 0 Å². The minimum absolute atomic E-state index is 0.105. The number of ether oxygens (including phenoxy) is 2. The minimum Gasteiger partial charge on any atom is -0.497 e. The van der Waals surface area contributed by atoms with E-state index >= 15 is 0 Å². The molecule has 0 aliphatic carbocycles. The molecule has 2 rings (SSSR count). The molecule has 1 heterocycles. The summed E-state index contributed by atoms with van der Waals surface area (Å²) in [5.74, 6) is 1.06. The standard InChI is InChI=1S/C17H20N2O3/c1-19(11-9-13-6-4-5-10-18-13)17(20)15-12-14(21-2)7-8-16(15)22-3/h4-8,10,12H,9,11H2,1-3H3. The van der Waals surface area contributed by atoms with Gasteiger partial charge in [0.1, 0.15) is 11.5 Å². The molecule has 0 N–H and O–H groups in total. The van der Waals surface area contributed by atoms with Gasteiger partial charge in [-0.05, 0) is 30.3 Å². The third-order valence-electron chi connectivity index (χ3n) is 3.41. The number of aromatic nitrogens is 1. The molecule has 0 aliphatic rings. The van der Waals surface area contributed by atoms with Gasteiger partial charge in [-0.3, -0.25) is 9.78 Å². The highest BCUT2D eigenvalue weighted by atomic mass is 16.5. The minimum atomic E-state index is -0.105. The first kappa shape index (κ1) is 15.8. The van der Waals surface area contributed by atoms with Gasteiger partial charge in [0.15, 0.2) is 0 Å². The van der Waals surface area contributed by atoms with Crippen molar-refractivity contribution in [2.45, 2.75) is 6.42 Å². The third kappa shape index (κ3) is 3.75. The lowest BCUT2D eigenvalue weighted by Crippen LogP contribution is -2.29. The number of carbonyl (C=O) groups excluding carboxylic acids is 1. The van der Waals surface area contributed by atoms with E-state index in [1.165, 1.54) is 0 Å². The highest BCUT2D eigenvalue weighted by Crippen LogP contribution is 2.25. The number of amides is 1. The molecule has 116 valence electrons. The molecule has 1 aromatic heterocycles. The molecular weight excluding hydrogens is 280 g/mol. The number of methoxy groups -OCH3 is 2. The highest BCUT2D eigenvalue weighted by Gasteiger charge is 2.17. The molecule has 5 heteroatoms. The van der Waals surface area contributed by atoms with E-state index < -0.39 is 0 Å². The van der Waals surface area contributed by atoms with Gasteiger partial charge < -0.3 is 14.4 Å². The summed E-state index contributed by atoms with van der Waals surface area (Å²) in [6, 6.07) is 11.0. The largest absolute Gasteiger partial charge is 0.497 e. The number of hydrogen-bond acceptors (Lipinski definition) is 4. The van der Waals surface area contributed by atoms with Crippen molar-refractivity contribution in [1.29, 1.82) is 0 Å². The summed E-state index contributed by atoms with van der Waals surface area (Å²) in [6.07, 6.45) is 2.46. The van der Waals surface area contributed by atoms with E-state index in [1.807, 2.05) is 18.2 Å². The molecule has 5 nitrogen and oxygen atoms in total. The summed E-state index contributed by atoms with van der Waals surface area (Å²) in [5, 5.41) is 0. The highest BCUT2D eigenvalue weighted by molar-refractivity contribution is 5.97. The topological polar surface area (TPSA) is 51.7 Å². The maximum Gasteiger partial charge on any atom is 0.257 e. The SMILES string of the molecule is COc1ccc(OC)c(C(=O)N(C)CCc2ccccn2)c1. The van der Waals surface area contributed by atoms with Gasteiger partial charge in [0.05, 0.1) is 19.8 Å². The number of pyridine rings is 1. The fourth-order valence-corrected chi connectivity index (χ4v) is 2.12. The van der Waals surface area contributed by atoms with Crippen molar-refractivity contribution in [1.82, 2.24) is 9.88 Å². The van der Waals surface area contributed by atoms with Crippen LogP contribution in [0.4, 0.5) is 0 Å². The lowest BCUT2D eigenvalue weighted by atomic mass is 10.1. The Morgan fingerprint density at radius 2 is 2.00 bits per heavy atom. The average molecular weight is 300 g/mol. The van der Waals surface area contributed by atoms with Crippen LogP contribution in [0.15, 0.2) is 42.6 Å². The molecule has 0 radical (unpaired) electrons. The van der Waals surface area contributed by atoms with Crippen LogP contribution in [0.1, 0.15) is 16.1 Å². The van der Waals surface area contributed by atoms with E-state index in [4.69, 9.17) is 9.47 Å². The summed E-state index contributed by atoms with van der Waals surface area (Å²) in [5.41, 5.74) is 1.45. The zero-order valence-corrected chi connectivity index (χ0v) is 13.1. The Kier molecular flexibility index (Phi) is 5.36. The van der Waals surface area contributed by atoms with Crippen molar-refractivity contribution in [3.05, 3.63) is 53.9 Å². The Morgan fingerprint density at radius 3 is 2.64 bits per heavy atom. The Morgan fingerprint density at radius 1 is 1.18 bits per heavy atom. The molecule has 0 unspecified atom stereocenters. The molecule has 0 bridgehead atoms. The maximum atomic E-state index is 12.6. The first-order valence-electron chi connectivity index (χ1n) is 7.03. The van der Waals surface area contributed by atoms with E-state index in [2.05, 4.69) is 4.98 Å². The van der Waals surface area contributed by atoms with Crippen molar-refractivity contribution < 1.29 is 14.3 Å². The summed E-state index contributed by atoms with van der Waals surface area (Å²) >= 11 is 0. The van der Waals surface area contributed by atoms with Gasteiger partial charge in [0, 0.05) is 31.9 Å². The Bertz CT molecular complexity index is 629. The van der Waals surface area contributed by atoms with Gasteiger partial charge >= 0.3 is 0 Å². The molecule has 0 aliphatic heterocycles. The second-order valence-electron chi connectivity index (χ2n) is 4.86. The van der Waals surface area contributed by atoms with Gasteiger partial charge in [-0.25, -0.2) is 0 Å². The van der Waals surface area contributed by atoms with Crippen LogP contribution in [0.5, 0.6) is 11.5 Å². The Labute approximate surface area is 130 Å². The van der Waals surface area contributed by atoms with Crippen molar-refractivity contribution >= 4 is 5.91 Å². The van der Waals surface area contributed by atoms with Gasteiger partial charge in [0.2, 0.25) is 0 Å². The summed E-state index contributed by atoms with van der Waals surface area (Å²) < 4.78 is 10.4. The fourth-order valence-electron chi connectivity index (χ4n) is 2.12. The van der Waals surface area contributed by atoms with E-state index in [9.17, 15) is 4.79 Å². The van der Waals surface area contributed by atoms with Crippen LogP contribution in [-0.2, 0) is 6.42 Å². The molecular formula is C17H20N2O3. The number of likely N-dealkylation sites (N-methyl/N-ethyl adjacent to an activating group) is 1. The molecule has 22 heavy (non-hydrogen) atoms. The molecule has 0 spiro atoms. The third-order valence-corrected chi connectivity index (χ3v) is 3.41. The quantitative estimate of drug-likeness (QED) is 0.822. The Balaban J connectivity index is 2.09. The van der Waals surface area contributed by atoms with Gasteiger partial charge in [-0.1, -0.05) is 6.07 Å². The number of rotatable bonds is 6. The molecule has 1 amide bonds. The maximum absolute atomic E-state index is 12.6. The van der Waals surface area contributed by atoms with Crippen molar-refractivity contribution in [2.75, 3.05) is 27.8 Å². The average Bonchev–Trinajstić information content (AvgIpc) is 2.59. The van der Waals surface area contributed by atoms with Crippen LogP contribution >= 0.6 is 0 Å². The van der Waals surface area contributed by atoms with Crippen molar-refractivity contribution in [2.24, 2.45) is 0 Å². The van der Waals surface area contributed by atoms with E-state index in [-0.39, 0.29) is 5.91 Å². The molecule has 1 aromatic carbocycles. The van der Waals surface area contributed by atoms with Crippen LogP contribution in [-0.4, -0.2) is 43.6 Å². The van der Waals surface area contributed by atoms with Crippen molar-refractivity contribution in [3.63, 3.8) is 0 Å². The second kappa shape index (κ2) is 7.45. The van der Waals surface area contributed by atoms with Crippen LogP contribution in [0, 0.1) is 0 Å². The smallest absolute Gasteiger partial charge is 0.257 e.